The van der Waals surface area contributed by atoms with Gasteiger partial charge in [-0.05, 0) is 30.3 Å². The monoisotopic (exact) mass is 459 g/mol. The van der Waals surface area contributed by atoms with Gasteiger partial charge in [-0.1, -0.05) is 48.0 Å². The van der Waals surface area contributed by atoms with Crippen molar-refractivity contribution in [1.82, 2.24) is 5.43 Å². The molecule has 2 amide bonds. The van der Waals surface area contributed by atoms with E-state index in [2.05, 4.69) is 11.5 Å². The van der Waals surface area contributed by atoms with Crippen LogP contribution in [0.2, 0.25) is 5.02 Å². The van der Waals surface area contributed by atoms with Crippen molar-refractivity contribution < 1.29 is 19.1 Å². The lowest BCUT2D eigenvalue weighted by Gasteiger charge is -2.15. The maximum absolute atomic E-state index is 13.0. The number of nitrogens with zero attached hydrogens (tertiary/aromatic N) is 2. The highest BCUT2D eigenvalue weighted by Crippen LogP contribution is 2.37. The number of hydrogen-bond acceptors (Lipinski definition) is 5. The van der Waals surface area contributed by atoms with E-state index in [0.717, 1.165) is 0 Å². The summed E-state index contributed by atoms with van der Waals surface area (Å²) in [6, 6.07) is 21.1. The number of carbonyl (C=O) groups excluding carboxylic acids is 2. The summed E-state index contributed by atoms with van der Waals surface area (Å²) in [5, 5.41) is 10.9. The van der Waals surface area contributed by atoms with E-state index in [1.54, 1.807) is 60.7 Å². The van der Waals surface area contributed by atoms with Gasteiger partial charge in [0.05, 0.1) is 24.4 Å². The van der Waals surface area contributed by atoms with E-state index < -0.39 is 11.8 Å². The number of anilines is 1. The van der Waals surface area contributed by atoms with Gasteiger partial charge in [0.1, 0.15) is 12.2 Å². The number of amides is 2. The third kappa shape index (κ3) is 4.52. The van der Waals surface area contributed by atoms with E-state index in [0.29, 0.717) is 38.9 Å². The minimum Gasteiger partial charge on any atom is -0.493 e. The number of benzene rings is 3. The van der Waals surface area contributed by atoms with Crippen molar-refractivity contribution in [2.24, 2.45) is 0 Å². The van der Waals surface area contributed by atoms with Crippen molar-refractivity contribution in [2.75, 3.05) is 12.1 Å². The summed E-state index contributed by atoms with van der Waals surface area (Å²) in [7, 11) is 1.46. The third-order valence-electron chi connectivity index (χ3n) is 4.98. The van der Waals surface area contributed by atoms with Crippen molar-refractivity contribution in [3.05, 3.63) is 94.0 Å². The zero-order valence-electron chi connectivity index (χ0n) is 17.5. The van der Waals surface area contributed by atoms with Crippen LogP contribution in [0.1, 0.15) is 16.7 Å². The van der Waals surface area contributed by atoms with Gasteiger partial charge in [-0.25, -0.2) is 5.01 Å². The molecule has 0 unspecified atom stereocenters. The third-order valence-corrected chi connectivity index (χ3v) is 5.20. The number of ether oxygens (including phenoxy) is 2. The fourth-order valence-electron chi connectivity index (χ4n) is 3.38. The first-order chi connectivity index (χ1) is 16.0. The summed E-state index contributed by atoms with van der Waals surface area (Å²) in [5.41, 5.74) is 4.57. The van der Waals surface area contributed by atoms with E-state index in [1.807, 2.05) is 6.07 Å². The van der Waals surface area contributed by atoms with E-state index in [-0.39, 0.29) is 12.2 Å². The first-order valence-corrected chi connectivity index (χ1v) is 10.3. The lowest BCUT2D eigenvalue weighted by Crippen LogP contribution is -2.35. The van der Waals surface area contributed by atoms with E-state index in [4.69, 9.17) is 21.1 Å². The number of rotatable bonds is 6. The Hall–Kier alpha value is -4.28. The second-order valence-electron chi connectivity index (χ2n) is 7.06. The molecular weight excluding hydrogens is 442 g/mol. The highest BCUT2D eigenvalue weighted by Gasteiger charge is 2.34. The van der Waals surface area contributed by atoms with Gasteiger partial charge in [-0.2, -0.15) is 5.26 Å². The molecule has 0 bridgehead atoms. The van der Waals surface area contributed by atoms with Crippen LogP contribution in [-0.4, -0.2) is 18.9 Å². The topological polar surface area (TPSA) is 91.7 Å². The maximum Gasteiger partial charge on any atom is 0.282 e. The van der Waals surface area contributed by atoms with Crippen LogP contribution in [0.3, 0.4) is 0 Å². The van der Waals surface area contributed by atoms with Crippen molar-refractivity contribution in [2.45, 2.75) is 6.61 Å². The highest BCUT2D eigenvalue weighted by atomic mass is 35.5. The Morgan fingerprint density at radius 3 is 2.55 bits per heavy atom. The van der Waals surface area contributed by atoms with Gasteiger partial charge in [0.15, 0.2) is 11.5 Å². The van der Waals surface area contributed by atoms with Gasteiger partial charge < -0.3 is 9.47 Å². The van der Waals surface area contributed by atoms with Crippen molar-refractivity contribution in [3.8, 4) is 17.6 Å². The Bertz CT molecular complexity index is 1300. The SMILES string of the molecule is COc1cc(Cl)cc(C=C2C(=O)NN(c3ccccc3)C2=O)c1OCc1ccccc1C#N. The second kappa shape index (κ2) is 9.47. The molecule has 33 heavy (non-hydrogen) atoms. The summed E-state index contributed by atoms with van der Waals surface area (Å²) in [5.74, 6) is -0.440. The zero-order chi connectivity index (χ0) is 23.4. The molecule has 1 saturated heterocycles. The standard InChI is InChI=1S/C25H18ClN3O4/c1-32-22-13-19(26)11-18(23(22)33-15-17-8-6-5-7-16(17)14-27)12-21-24(30)28-29(25(21)31)20-9-3-2-4-10-20/h2-13H,15H2,1H3,(H,28,30). The summed E-state index contributed by atoms with van der Waals surface area (Å²) in [6.45, 7) is 0.0776. The quantitative estimate of drug-likeness (QED) is 0.439. The number of hydrazine groups is 1. The Balaban J connectivity index is 1.71. The number of nitrogens with one attached hydrogen (secondary N) is 1. The first-order valence-electron chi connectivity index (χ1n) is 9.92. The molecular formula is C25H18ClN3O4. The van der Waals surface area contributed by atoms with Gasteiger partial charge in [-0.3, -0.25) is 15.0 Å². The molecule has 0 aromatic heterocycles. The predicted molar refractivity (Wildman–Crippen MR) is 124 cm³/mol. The number of carbonyl (C=O) groups is 2. The first kappa shape index (κ1) is 21.9. The molecule has 0 radical (unpaired) electrons. The molecule has 1 aliphatic rings. The molecule has 164 valence electrons. The van der Waals surface area contributed by atoms with Crippen LogP contribution in [0.5, 0.6) is 11.5 Å². The number of nitriles is 1. The predicted octanol–water partition coefficient (Wildman–Crippen LogP) is 4.26. The zero-order valence-corrected chi connectivity index (χ0v) is 18.3. The van der Waals surface area contributed by atoms with Gasteiger partial charge in [0, 0.05) is 22.2 Å². The Labute approximate surface area is 195 Å². The average Bonchev–Trinajstić information content (AvgIpc) is 3.12. The minimum atomic E-state index is -0.552. The summed E-state index contributed by atoms with van der Waals surface area (Å²) in [6.07, 6.45) is 1.42. The molecule has 0 aliphatic carbocycles. The average molecular weight is 460 g/mol. The Kier molecular flexibility index (Phi) is 6.29. The van der Waals surface area contributed by atoms with Crippen LogP contribution in [0, 0.1) is 11.3 Å². The van der Waals surface area contributed by atoms with E-state index in [9.17, 15) is 14.9 Å². The van der Waals surface area contributed by atoms with E-state index in [1.165, 1.54) is 18.2 Å². The molecule has 1 fully saturated rings. The summed E-state index contributed by atoms with van der Waals surface area (Å²) in [4.78, 5) is 25.6. The Morgan fingerprint density at radius 2 is 1.82 bits per heavy atom. The van der Waals surface area contributed by atoms with Crippen LogP contribution in [0.15, 0.2) is 72.3 Å². The molecule has 1 heterocycles. The van der Waals surface area contributed by atoms with Gasteiger partial charge >= 0.3 is 0 Å². The Morgan fingerprint density at radius 1 is 1.09 bits per heavy atom. The van der Waals surface area contributed by atoms with Gasteiger partial charge in [0.25, 0.3) is 11.8 Å². The molecule has 0 spiro atoms. The minimum absolute atomic E-state index is 0.0776. The molecule has 1 N–H and O–H groups in total. The van der Waals surface area contributed by atoms with Crippen LogP contribution in [0.4, 0.5) is 5.69 Å². The van der Waals surface area contributed by atoms with Gasteiger partial charge in [-0.15, -0.1) is 0 Å². The van der Waals surface area contributed by atoms with Gasteiger partial charge in [0.2, 0.25) is 0 Å². The number of hydrogen-bond donors (Lipinski definition) is 1. The maximum atomic E-state index is 13.0. The van der Waals surface area contributed by atoms with Crippen LogP contribution in [0.25, 0.3) is 6.08 Å². The smallest absolute Gasteiger partial charge is 0.282 e. The molecule has 1 aliphatic heterocycles. The second-order valence-corrected chi connectivity index (χ2v) is 7.50. The largest absolute Gasteiger partial charge is 0.493 e. The van der Waals surface area contributed by atoms with Crippen LogP contribution >= 0.6 is 11.6 Å². The van der Waals surface area contributed by atoms with Crippen molar-refractivity contribution in [3.63, 3.8) is 0 Å². The lowest BCUT2D eigenvalue weighted by molar-refractivity contribution is -0.117. The molecule has 3 aromatic carbocycles. The molecule has 0 saturated carbocycles. The van der Waals surface area contributed by atoms with E-state index >= 15 is 0 Å². The normalized spacial score (nSPS) is 14.2. The van der Waals surface area contributed by atoms with Crippen LogP contribution < -0.4 is 19.9 Å². The van der Waals surface area contributed by atoms with Crippen molar-refractivity contribution >= 4 is 35.2 Å². The summed E-state index contributed by atoms with van der Waals surface area (Å²) >= 11 is 6.24. The fourth-order valence-corrected chi connectivity index (χ4v) is 3.60. The number of para-hydroxylation sites is 1. The highest BCUT2D eigenvalue weighted by molar-refractivity contribution is 6.32. The molecule has 8 heteroatoms. The van der Waals surface area contributed by atoms with Crippen LogP contribution in [-0.2, 0) is 16.2 Å². The number of methoxy groups -OCH3 is 1. The molecule has 7 nitrogen and oxygen atoms in total. The lowest BCUT2D eigenvalue weighted by atomic mass is 10.1. The molecule has 4 rings (SSSR count). The number of halogens is 1. The summed E-state index contributed by atoms with van der Waals surface area (Å²) < 4.78 is 11.4. The molecule has 0 atom stereocenters. The fraction of sp³-hybridized carbons (Fsp3) is 0.0800. The molecule has 3 aromatic rings. The van der Waals surface area contributed by atoms with Crippen molar-refractivity contribution in [1.29, 1.82) is 5.26 Å².